The monoisotopic (exact) mass is 274 g/mol. The molecule has 4 saturated carbocycles. The van der Waals surface area contributed by atoms with Crippen molar-refractivity contribution in [1.29, 1.82) is 0 Å². The first kappa shape index (κ1) is 12.3. The number of nitrogen functional groups attached to an aromatic ring is 1. The van der Waals surface area contributed by atoms with Gasteiger partial charge in [0.2, 0.25) is 0 Å². The predicted octanol–water partition coefficient (Wildman–Crippen LogP) is 2.66. The third kappa shape index (κ3) is 2.02. The largest absolute Gasteiger partial charge is 0.436 e. The van der Waals surface area contributed by atoms with Gasteiger partial charge in [0.05, 0.1) is 0 Å². The number of hydrogen-bond donors (Lipinski definition) is 2. The zero-order valence-corrected chi connectivity index (χ0v) is 11.7. The third-order valence-corrected chi connectivity index (χ3v) is 5.77. The molecule has 20 heavy (non-hydrogen) atoms. The Hall–Kier alpha value is -1.45. The summed E-state index contributed by atoms with van der Waals surface area (Å²) < 4.78 is 5.17. The van der Waals surface area contributed by atoms with Gasteiger partial charge in [-0.15, -0.1) is 0 Å². The van der Waals surface area contributed by atoms with Gasteiger partial charge in [-0.3, -0.25) is 4.79 Å². The SMILES string of the molecule is Nc1ccc(C(=O)NCC2C3CC4CC(C3)CC2C4)o1. The van der Waals surface area contributed by atoms with E-state index in [1.165, 1.54) is 32.1 Å². The van der Waals surface area contributed by atoms with E-state index in [2.05, 4.69) is 5.32 Å². The minimum Gasteiger partial charge on any atom is -0.436 e. The van der Waals surface area contributed by atoms with Crippen LogP contribution < -0.4 is 11.1 Å². The van der Waals surface area contributed by atoms with E-state index in [9.17, 15) is 4.79 Å². The average Bonchev–Trinajstić information content (AvgIpc) is 2.83. The van der Waals surface area contributed by atoms with Crippen LogP contribution in [-0.4, -0.2) is 12.5 Å². The lowest BCUT2D eigenvalue weighted by atomic mass is 9.52. The second-order valence-corrected chi connectivity index (χ2v) is 7.01. The van der Waals surface area contributed by atoms with Crippen molar-refractivity contribution in [1.82, 2.24) is 5.32 Å². The highest BCUT2D eigenvalue weighted by Gasteiger charge is 2.47. The Morgan fingerprint density at radius 1 is 1.15 bits per heavy atom. The van der Waals surface area contributed by atoms with E-state index in [4.69, 9.17) is 10.2 Å². The summed E-state index contributed by atoms with van der Waals surface area (Å²) in [7, 11) is 0. The van der Waals surface area contributed by atoms with Crippen molar-refractivity contribution in [2.75, 3.05) is 12.3 Å². The normalized spacial score (nSPS) is 38.1. The Balaban J connectivity index is 1.39. The molecule has 0 unspecified atom stereocenters. The number of furan rings is 1. The molecule has 3 N–H and O–H groups in total. The van der Waals surface area contributed by atoms with Crippen LogP contribution in [0.3, 0.4) is 0 Å². The number of amides is 1. The Kier molecular flexibility index (Phi) is 2.79. The molecule has 4 nitrogen and oxygen atoms in total. The molecule has 0 aliphatic heterocycles. The summed E-state index contributed by atoms with van der Waals surface area (Å²) >= 11 is 0. The molecule has 1 amide bonds. The fourth-order valence-electron chi connectivity index (χ4n) is 5.14. The maximum Gasteiger partial charge on any atom is 0.287 e. The van der Waals surface area contributed by atoms with Crippen LogP contribution in [0.4, 0.5) is 5.88 Å². The number of rotatable bonds is 3. The molecule has 0 atom stereocenters. The molecule has 1 aromatic rings. The van der Waals surface area contributed by atoms with Crippen molar-refractivity contribution in [3.63, 3.8) is 0 Å². The molecule has 108 valence electrons. The molecular formula is C16H22N2O2. The topological polar surface area (TPSA) is 68.3 Å². The van der Waals surface area contributed by atoms with Crippen molar-refractivity contribution < 1.29 is 9.21 Å². The molecule has 0 spiro atoms. The van der Waals surface area contributed by atoms with E-state index < -0.39 is 0 Å². The van der Waals surface area contributed by atoms with Crippen LogP contribution in [-0.2, 0) is 0 Å². The van der Waals surface area contributed by atoms with Crippen molar-refractivity contribution in [3.05, 3.63) is 17.9 Å². The molecule has 5 rings (SSSR count). The molecular weight excluding hydrogens is 252 g/mol. The number of carbonyl (C=O) groups excluding carboxylic acids is 1. The fraction of sp³-hybridized carbons (Fsp3) is 0.688. The second kappa shape index (κ2) is 4.54. The van der Waals surface area contributed by atoms with E-state index in [0.29, 0.717) is 17.6 Å². The number of carbonyl (C=O) groups is 1. The first-order valence-corrected chi connectivity index (χ1v) is 7.82. The molecule has 4 aliphatic rings. The fourth-order valence-corrected chi connectivity index (χ4v) is 5.14. The van der Waals surface area contributed by atoms with Gasteiger partial charge in [0.15, 0.2) is 11.6 Å². The van der Waals surface area contributed by atoms with Crippen LogP contribution in [0.25, 0.3) is 0 Å². The van der Waals surface area contributed by atoms with Gasteiger partial charge in [-0.2, -0.15) is 0 Å². The number of nitrogens with two attached hydrogens (primary N) is 1. The highest BCUT2D eigenvalue weighted by atomic mass is 16.4. The summed E-state index contributed by atoms with van der Waals surface area (Å²) in [5, 5.41) is 3.05. The summed E-state index contributed by atoms with van der Waals surface area (Å²) in [6.45, 7) is 0.800. The zero-order valence-electron chi connectivity index (χ0n) is 11.7. The van der Waals surface area contributed by atoms with Crippen molar-refractivity contribution in [2.45, 2.75) is 32.1 Å². The van der Waals surface area contributed by atoms with Crippen LogP contribution in [0.15, 0.2) is 16.5 Å². The van der Waals surface area contributed by atoms with Gasteiger partial charge in [-0.25, -0.2) is 0 Å². The molecule has 4 aliphatic carbocycles. The molecule has 4 bridgehead atoms. The second-order valence-electron chi connectivity index (χ2n) is 7.01. The lowest BCUT2D eigenvalue weighted by Gasteiger charge is -2.54. The van der Waals surface area contributed by atoms with Crippen LogP contribution in [0.5, 0.6) is 0 Å². The van der Waals surface area contributed by atoms with Crippen molar-refractivity contribution >= 4 is 11.8 Å². The number of hydrogen-bond acceptors (Lipinski definition) is 3. The minimum absolute atomic E-state index is 0.129. The van der Waals surface area contributed by atoms with Gasteiger partial charge in [0.1, 0.15) is 0 Å². The highest BCUT2D eigenvalue weighted by Crippen LogP contribution is 2.56. The van der Waals surface area contributed by atoms with Crippen molar-refractivity contribution in [3.8, 4) is 0 Å². The van der Waals surface area contributed by atoms with Crippen molar-refractivity contribution in [2.24, 2.45) is 29.6 Å². The average molecular weight is 274 g/mol. The molecule has 0 radical (unpaired) electrons. The van der Waals surface area contributed by atoms with Gasteiger partial charge >= 0.3 is 0 Å². The standard InChI is InChI=1S/C16H22N2O2/c17-15-2-1-14(20-15)16(19)18-8-13-11-4-9-3-10(6-11)7-12(13)5-9/h1-2,9-13H,3-8,17H2,(H,18,19). The summed E-state index contributed by atoms with van der Waals surface area (Å²) in [5.74, 6) is 4.82. The highest BCUT2D eigenvalue weighted by molar-refractivity contribution is 5.91. The van der Waals surface area contributed by atoms with E-state index in [1.807, 2.05) is 0 Å². The molecule has 1 aromatic heterocycles. The molecule has 1 heterocycles. The Morgan fingerprint density at radius 3 is 2.35 bits per heavy atom. The molecule has 0 aromatic carbocycles. The predicted molar refractivity (Wildman–Crippen MR) is 76.0 cm³/mol. The first-order valence-electron chi connectivity index (χ1n) is 7.82. The maximum atomic E-state index is 12.0. The van der Waals surface area contributed by atoms with Gasteiger partial charge in [0.25, 0.3) is 5.91 Å². The summed E-state index contributed by atoms with van der Waals surface area (Å²) in [4.78, 5) is 12.0. The number of nitrogens with one attached hydrogen (secondary N) is 1. The Bertz CT molecular complexity index is 494. The smallest absolute Gasteiger partial charge is 0.287 e. The van der Waals surface area contributed by atoms with E-state index >= 15 is 0 Å². The van der Waals surface area contributed by atoms with Gasteiger partial charge in [-0.05, 0) is 67.8 Å². The quantitative estimate of drug-likeness (QED) is 0.890. The van der Waals surface area contributed by atoms with E-state index in [-0.39, 0.29) is 5.91 Å². The Morgan fingerprint density at radius 2 is 1.80 bits per heavy atom. The van der Waals surface area contributed by atoms with E-state index in [1.54, 1.807) is 12.1 Å². The third-order valence-electron chi connectivity index (χ3n) is 5.77. The number of anilines is 1. The van der Waals surface area contributed by atoms with E-state index in [0.717, 1.165) is 30.2 Å². The lowest BCUT2D eigenvalue weighted by Crippen LogP contribution is -2.49. The minimum atomic E-state index is -0.129. The summed E-state index contributed by atoms with van der Waals surface area (Å²) in [6, 6.07) is 3.26. The molecule has 0 saturated heterocycles. The van der Waals surface area contributed by atoms with Crippen LogP contribution >= 0.6 is 0 Å². The summed E-state index contributed by atoms with van der Waals surface area (Å²) in [5.41, 5.74) is 5.50. The van der Waals surface area contributed by atoms with Crippen LogP contribution in [0.2, 0.25) is 0 Å². The van der Waals surface area contributed by atoms with Gasteiger partial charge < -0.3 is 15.5 Å². The molecule has 4 heteroatoms. The van der Waals surface area contributed by atoms with Gasteiger partial charge in [-0.1, -0.05) is 0 Å². The first-order chi connectivity index (χ1) is 9.69. The maximum absolute atomic E-state index is 12.0. The molecule has 4 fully saturated rings. The van der Waals surface area contributed by atoms with Crippen LogP contribution in [0, 0.1) is 29.6 Å². The lowest BCUT2D eigenvalue weighted by molar-refractivity contribution is -0.0348. The van der Waals surface area contributed by atoms with Crippen LogP contribution in [0.1, 0.15) is 42.7 Å². The summed E-state index contributed by atoms with van der Waals surface area (Å²) in [6.07, 6.45) is 7.03. The Labute approximate surface area is 119 Å². The zero-order chi connectivity index (χ0) is 13.7. The van der Waals surface area contributed by atoms with Gasteiger partial charge in [0, 0.05) is 12.6 Å².